The molecule has 0 aliphatic heterocycles. The van der Waals surface area contributed by atoms with Crippen LogP contribution < -0.4 is 15.9 Å². The van der Waals surface area contributed by atoms with E-state index in [1.165, 1.54) is 15.9 Å². The van der Waals surface area contributed by atoms with Crippen LogP contribution in [-0.2, 0) is 6.42 Å². The molecule has 1 heterocycles. The zero-order chi connectivity index (χ0) is 22.6. The van der Waals surface area contributed by atoms with Crippen LogP contribution in [0.4, 0.5) is 0 Å². The lowest BCUT2D eigenvalue weighted by Gasteiger charge is -2.20. The van der Waals surface area contributed by atoms with Gasteiger partial charge in [0, 0.05) is 12.6 Å². The molecule has 0 fully saturated rings. The summed E-state index contributed by atoms with van der Waals surface area (Å²) in [5.74, 6) is -1.94. The molecule has 158 valence electrons. The van der Waals surface area contributed by atoms with Crippen LogP contribution in [-0.4, -0.2) is 10.1 Å². The molecule has 4 aromatic rings. The van der Waals surface area contributed by atoms with Crippen molar-refractivity contribution in [2.45, 2.75) is 19.4 Å². The molecule has 0 bridgehead atoms. The Morgan fingerprint density at radius 2 is 1.44 bits per heavy atom. The molecule has 1 aromatic heterocycles. The zero-order valence-electron chi connectivity index (χ0n) is 17.7. The molecule has 0 aliphatic rings. The van der Waals surface area contributed by atoms with Gasteiger partial charge < -0.3 is 5.11 Å². The summed E-state index contributed by atoms with van der Waals surface area (Å²) in [5.41, 5.74) is 2.94. The fraction of sp³-hybridized carbons (Fsp3) is 0.111. The van der Waals surface area contributed by atoms with Gasteiger partial charge in [0.1, 0.15) is 27.7 Å². The van der Waals surface area contributed by atoms with Gasteiger partial charge in [0.05, 0.1) is 6.10 Å². The average molecular weight is 502 g/mol. The lowest BCUT2D eigenvalue weighted by atomic mass is 10.0. The molecular formula is C27H23BrN2OP+. The molecule has 5 heteroatoms. The molecule has 3 nitrogen and oxygen atoms in total. The largest absolute Gasteiger partial charge is 0.388 e. The number of rotatable bonds is 6. The number of aliphatic hydroxyl groups excluding tert-OH is 1. The van der Waals surface area contributed by atoms with Crippen molar-refractivity contribution < 1.29 is 5.11 Å². The molecule has 4 rings (SSSR count). The third-order valence-electron chi connectivity index (χ3n) is 5.54. The first-order valence-corrected chi connectivity index (χ1v) is 14.2. The highest BCUT2D eigenvalue weighted by atomic mass is 79.9. The number of halogens is 1. The maximum atomic E-state index is 10.7. The van der Waals surface area contributed by atoms with Crippen molar-refractivity contribution in [2.24, 2.45) is 0 Å². The van der Waals surface area contributed by atoms with Gasteiger partial charge in [-0.15, -0.1) is 0 Å². The van der Waals surface area contributed by atoms with Crippen LogP contribution in [0, 0.1) is 18.3 Å². The van der Waals surface area contributed by atoms with Gasteiger partial charge in [-0.25, -0.2) is 4.98 Å². The molecule has 0 spiro atoms. The number of aryl methyl sites for hydroxylation is 1. The number of pyridine rings is 1. The Morgan fingerprint density at radius 3 is 1.94 bits per heavy atom. The first-order valence-electron chi connectivity index (χ1n) is 10.4. The molecule has 0 saturated heterocycles. The lowest BCUT2D eigenvalue weighted by molar-refractivity contribution is 0.178. The topological polar surface area (TPSA) is 56.9 Å². The molecular weight excluding hydrogens is 479 g/mol. The van der Waals surface area contributed by atoms with Crippen molar-refractivity contribution in [3.05, 3.63) is 120 Å². The van der Waals surface area contributed by atoms with Crippen LogP contribution in [0.1, 0.15) is 28.5 Å². The number of aliphatic hydroxyl groups is 1. The van der Waals surface area contributed by atoms with Gasteiger partial charge in [-0.1, -0.05) is 48.5 Å². The first kappa shape index (κ1) is 22.4. The summed E-state index contributed by atoms with van der Waals surface area (Å²) in [6.45, 7) is 1.84. The summed E-state index contributed by atoms with van der Waals surface area (Å²) in [6, 6.07) is 33.5. The van der Waals surface area contributed by atoms with Crippen molar-refractivity contribution in [1.29, 1.82) is 5.26 Å². The molecule has 0 radical (unpaired) electrons. The molecule has 3 aromatic carbocycles. The van der Waals surface area contributed by atoms with Crippen molar-refractivity contribution in [3.8, 4) is 6.07 Å². The summed E-state index contributed by atoms with van der Waals surface area (Å²) in [6.07, 6.45) is 1.40. The van der Waals surface area contributed by atoms with E-state index >= 15 is 0 Å². The predicted octanol–water partition coefficient (Wildman–Crippen LogP) is 5.14. The van der Waals surface area contributed by atoms with E-state index in [1.54, 1.807) is 6.20 Å². The van der Waals surface area contributed by atoms with E-state index in [1.807, 2.05) is 25.1 Å². The third-order valence-corrected chi connectivity index (χ3v) is 12.2. The molecule has 1 N–H and O–H groups in total. The van der Waals surface area contributed by atoms with Gasteiger partial charge in [0.25, 0.3) is 0 Å². The zero-order valence-corrected chi connectivity index (χ0v) is 20.2. The summed E-state index contributed by atoms with van der Waals surface area (Å²) in [5, 5.41) is 23.5. The van der Waals surface area contributed by atoms with E-state index in [0.717, 1.165) is 16.7 Å². The standard InChI is InChI=1S/C27H23BrN2OP/c1-20-16-22(19-30-26(20)18-29)27(31)17-21-12-14-25(15-13-21)32(28,23-8-4-2-5-9-23)24-10-6-3-7-11-24/h2-16,19,27,31H,17H2,1H3/q+1. The number of hydrogen-bond donors (Lipinski definition) is 1. The molecule has 32 heavy (non-hydrogen) atoms. The SMILES string of the molecule is Cc1cc(C(O)Cc2ccc([P+](Br)(c3ccccc3)c3ccccc3)cc2)cnc1C#N. The molecule has 0 aliphatic carbocycles. The second-order valence-corrected chi connectivity index (χ2v) is 13.6. The second-order valence-electron chi connectivity index (χ2n) is 7.69. The van der Waals surface area contributed by atoms with Gasteiger partial charge in [-0.05, 0) is 66.1 Å². The smallest absolute Gasteiger partial charge is 0.181 e. The van der Waals surface area contributed by atoms with E-state index in [0.29, 0.717) is 12.1 Å². The van der Waals surface area contributed by atoms with Crippen LogP contribution >= 0.6 is 21.5 Å². The van der Waals surface area contributed by atoms with Gasteiger partial charge in [0.2, 0.25) is 0 Å². The van der Waals surface area contributed by atoms with Crippen molar-refractivity contribution >= 4 is 37.4 Å². The number of nitrogens with zero attached hydrogens (tertiary/aromatic N) is 2. The Bertz CT molecular complexity index is 1200. The summed E-state index contributed by atoms with van der Waals surface area (Å²) in [4.78, 5) is 4.15. The highest BCUT2D eigenvalue weighted by Gasteiger charge is 2.43. The van der Waals surface area contributed by atoms with E-state index in [-0.39, 0.29) is 0 Å². The molecule has 1 atom stereocenters. The fourth-order valence-corrected chi connectivity index (χ4v) is 8.54. The average Bonchev–Trinajstić information content (AvgIpc) is 2.85. The number of benzene rings is 3. The summed E-state index contributed by atoms with van der Waals surface area (Å²) in [7, 11) is 0. The van der Waals surface area contributed by atoms with E-state index in [2.05, 4.69) is 99.3 Å². The quantitative estimate of drug-likeness (QED) is 0.372. The number of nitriles is 1. The van der Waals surface area contributed by atoms with E-state index in [4.69, 9.17) is 5.26 Å². The normalized spacial score (nSPS) is 12.2. The van der Waals surface area contributed by atoms with Crippen LogP contribution in [0.15, 0.2) is 97.2 Å². The minimum absolute atomic E-state index is 0.393. The molecule has 0 amide bonds. The highest BCUT2D eigenvalue weighted by Crippen LogP contribution is 2.62. The van der Waals surface area contributed by atoms with Gasteiger partial charge in [0.15, 0.2) is 21.5 Å². The van der Waals surface area contributed by atoms with Crippen LogP contribution in [0.5, 0.6) is 0 Å². The predicted molar refractivity (Wildman–Crippen MR) is 136 cm³/mol. The lowest BCUT2D eigenvalue weighted by Crippen LogP contribution is -2.26. The van der Waals surface area contributed by atoms with Crippen LogP contribution in [0.2, 0.25) is 0 Å². The van der Waals surface area contributed by atoms with E-state index < -0.39 is 12.1 Å². The minimum Gasteiger partial charge on any atom is -0.388 e. The Balaban J connectivity index is 1.63. The van der Waals surface area contributed by atoms with Gasteiger partial charge in [-0.3, -0.25) is 0 Å². The first-order chi connectivity index (χ1) is 15.5. The van der Waals surface area contributed by atoms with Crippen molar-refractivity contribution in [3.63, 3.8) is 0 Å². The third kappa shape index (κ3) is 4.52. The number of aromatic nitrogens is 1. The number of hydrogen-bond acceptors (Lipinski definition) is 3. The highest BCUT2D eigenvalue weighted by molar-refractivity contribution is 9.44. The Hall–Kier alpha value is -2.83. The van der Waals surface area contributed by atoms with Gasteiger partial charge in [-0.2, -0.15) is 5.26 Å². The Morgan fingerprint density at radius 1 is 0.906 bits per heavy atom. The second kappa shape index (κ2) is 9.76. The fourth-order valence-electron chi connectivity index (χ4n) is 3.79. The molecule has 0 saturated carbocycles. The van der Waals surface area contributed by atoms with E-state index in [9.17, 15) is 5.11 Å². The maximum absolute atomic E-state index is 10.7. The monoisotopic (exact) mass is 501 g/mol. The van der Waals surface area contributed by atoms with Crippen molar-refractivity contribution in [1.82, 2.24) is 4.98 Å². The molecule has 1 unspecified atom stereocenters. The van der Waals surface area contributed by atoms with Crippen molar-refractivity contribution in [2.75, 3.05) is 0 Å². The maximum Gasteiger partial charge on any atom is 0.181 e. The van der Waals surface area contributed by atoms with Crippen LogP contribution in [0.3, 0.4) is 0 Å². The van der Waals surface area contributed by atoms with Gasteiger partial charge >= 0.3 is 0 Å². The Labute approximate surface area is 197 Å². The summed E-state index contributed by atoms with van der Waals surface area (Å²) < 4.78 is 0. The van der Waals surface area contributed by atoms with Crippen LogP contribution in [0.25, 0.3) is 0 Å². The summed E-state index contributed by atoms with van der Waals surface area (Å²) >= 11 is 4.17. The minimum atomic E-state index is -1.94. The Kier molecular flexibility index (Phi) is 6.82.